The van der Waals surface area contributed by atoms with E-state index >= 15 is 0 Å². The largest absolute Gasteiger partial charge is 0.412 e. The van der Waals surface area contributed by atoms with Crippen LogP contribution in [0.4, 0.5) is 0 Å². The van der Waals surface area contributed by atoms with Crippen molar-refractivity contribution in [2.24, 2.45) is 0 Å². The van der Waals surface area contributed by atoms with Crippen molar-refractivity contribution in [2.45, 2.75) is 14.4 Å². The van der Waals surface area contributed by atoms with Gasteiger partial charge in [-0.05, 0) is 6.92 Å². The normalized spacial score (nSPS) is 3.18. The van der Waals surface area contributed by atoms with Gasteiger partial charge in [0.15, 0.2) is 0 Å². The first-order valence-electron chi connectivity index (χ1n) is 2.30. The van der Waals surface area contributed by atoms with E-state index in [1.807, 2.05) is 6.92 Å². The van der Waals surface area contributed by atoms with Crippen LogP contribution in [0.25, 0.3) is 0 Å². The molecule has 0 aliphatic heterocycles. The topological polar surface area (TPSA) is 72.2 Å². The van der Waals surface area contributed by atoms with Crippen molar-refractivity contribution >= 4 is 0 Å². The van der Waals surface area contributed by atoms with Crippen LogP contribution in [0.5, 0.6) is 0 Å². The quantitative estimate of drug-likeness (QED) is 0.501. The Bertz CT molecular complexity index is 30.5. The van der Waals surface area contributed by atoms with E-state index in [4.69, 9.17) is 0 Å². The predicted octanol–water partition coefficient (Wildman–Crippen LogP) is 1.24. The molecule has 0 fully saturated rings. The molecule has 0 rings (SSSR count). The van der Waals surface area contributed by atoms with Gasteiger partial charge in [-0.1, -0.05) is 13.5 Å². The first kappa shape index (κ1) is 47.7. The lowest BCUT2D eigenvalue weighted by Gasteiger charge is -1.61. The van der Waals surface area contributed by atoms with Gasteiger partial charge in [0.2, 0.25) is 0 Å². The second-order valence-corrected chi connectivity index (χ2v) is 0.816. The average Bonchev–Trinajstić information content (AvgIpc) is 1.75. The van der Waals surface area contributed by atoms with Gasteiger partial charge in [0.05, 0.1) is 0 Å². The fourth-order valence-electron chi connectivity index (χ4n) is 0. The summed E-state index contributed by atoms with van der Waals surface area (Å²) >= 11 is 0. The lowest BCUT2D eigenvalue weighted by atomic mass is 10.8. The van der Waals surface area contributed by atoms with E-state index in [2.05, 4.69) is 24.5 Å². The van der Waals surface area contributed by atoms with Crippen molar-refractivity contribution in [3.8, 4) is 0 Å². The molecule has 0 spiro atoms. The van der Waals surface area contributed by atoms with Gasteiger partial charge >= 0.3 is 0 Å². The fraction of sp³-hybridized carbons (Fsp3) is 0.500. The smallest absolute Gasteiger partial charge is 0.0351 e. The van der Waals surface area contributed by atoms with Crippen molar-refractivity contribution in [3.05, 3.63) is 25.8 Å². The minimum absolute atomic E-state index is 0. The maximum absolute atomic E-state index is 4.25. The van der Waals surface area contributed by atoms with Crippen molar-refractivity contribution in [1.82, 2.24) is 0 Å². The number of hydrogen-bond donors (Lipinski definition) is 0. The zero-order chi connectivity index (χ0) is 7.41. The monoisotopic (exact) mass is 168 g/mol. The standard InChI is InChI=1S/C3H6.C2H6O.C2H4.CH4.2H2O/c2*1-3-2;1-2;;;/h3H,1H2,2H3;1-2H3;1-2H2;1H4;2*1H2. The van der Waals surface area contributed by atoms with Gasteiger partial charge in [0.25, 0.3) is 0 Å². The Labute approximate surface area is 71.0 Å². The summed E-state index contributed by atoms with van der Waals surface area (Å²) in [5.74, 6) is 0. The molecule has 0 unspecified atom stereocenters. The third kappa shape index (κ3) is 1240. The van der Waals surface area contributed by atoms with Crippen molar-refractivity contribution in [2.75, 3.05) is 14.2 Å². The Morgan fingerprint density at radius 2 is 1.09 bits per heavy atom. The lowest BCUT2D eigenvalue weighted by molar-refractivity contribution is 0.277. The number of methoxy groups -OCH3 is 1. The van der Waals surface area contributed by atoms with Crippen LogP contribution >= 0.6 is 0 Å². The van der Waals surface area contributed by atoms with Crippen LogP contribution in [-0.2, 0) is 4.74 Å². The third-order valence-electron chi connectivity index (χ3n) is 0. The van der Waals surface area contributed by atoms with Crippen LogP contribution in [0, 0.1) is 0 Å². The van der Waals surface area contributed by atoms with Crippen molar-refractivity contribution < 1.29 is 15.7 Å². The van der Waals surface area contributed by atoms with E-state index in [1.165, 1.54) is 0 Å². The van der Waals surface area contributed by atoms with E-state index in [-0.39, 0.29) is 18.4 Å². The first-order valence-corrected chi connectivity index (χ1v) is 2.30. The fourth-order valence-corrected chi connectivity index (χ4v) is 0. The van der Waals surface area contributed by atoms with Crippen LogP contribution < -0.4 is 0 Å². The number of hydrogen-bond acceptors (Lipinski definition) is 1. The highest BCUT2D eigenvalue weighted by atomic mass is 16.4. The molecule has 11 heavy (non-hydrogen) atoms. The maximum atomic E-state index is 4.25. The average molecular weight is 168 g/mol. The summed E-state index contributed by atoms with van der Waals surface area (Å²) in [7, 11) is 3.25. The molecule has 3 heteroatoms. The molecule has 0 bridgehead atoms. The highest BCUT2D eigenvalue weighted by Crippen LogP contribution is 1.38. The molecule has 0 aliphatic carbocycles. The van der Waals surface area contributed by atoms with Gasteiger partial charge < -0.3 is 15.7 Å². The summed E-state index contributed by atoms with van der Waals surface area (Å²) in [5.41, 5.74) is 0. The Balaban J connectivity index is -0.00000000764. The van der Waals surface area contributed by atoms with Gasteiger partial charge in [-0.25, -0.2) is 0 Å². The number of rotatable bonds is 0. The van der Waals surface area contributed by atoms with E-state index in [9.17, 15) is 0 Å². The molecule has 0 aromatic heterocycles. The molecule has 0 aliphatic rings. The molecule has 0 aromatic rings. The predicted molar refractivity (Wildman–Crippen MR) is 54.0 cm³/mol. The van der Waals surface area contributed by atoms with Crippen molar-refractivity contribution in [1.29, 1.82) is 0 Å². The highest BCUT2D eigenvalue weighted by molar-refractivity contribution is 4.51. The number of allylic oxidation sites excluding steroid dienone is 1. The third-order valence-corrected chi connectivity index (χ3v) is 0. The summed E-state index contributed by atoms with van der Waals surface area (Å²) < 4.78 is 4.25. The SMILES string of the molecule is C.C=C.C=CC.COC.O.O. The summed E-state index contributed by atoms with van der Waals surface area (Å²) in [4.78, 5) is 0. The molecular formula is C8H24O3. The van der Waals surface area contributed by atoms with Crippen LogP contribution in [0.15, 0.2) is 25.8 Å². The van der Waals surface area contributed by atoms with Crippen LogP contribution in [-0.4, -0.2) is 25.2 Å². The van der Waals surface area contributed by atoms with Crippen LogP contribution in [0.1, 0.15) is 14.4 Å². The molecule has 3 nitrogen and oxygen atoms in total. The Morgan fingerprint density at radius 1 is 1.09 bits per heavy atom. The zero-order valence-electron chi connectivity index (χ0n) is 7.11. The first-order chi connectivity index (χ1) is 3.83. The second kappa shape index (κ2) is 354. The number of ether oxygens (including phenoxy) is 1. The molecule has 0 radical (unpaired) electrons. The summed E-state index contributed by atoms with van der Waals surface area (Å²) in [6.45, 7) is 11.2. The molecule has 0 amide bonds. The second-order valence-electron chi connectivity index (χ2n) is 0.816. The summed E-state index contributed by atoms with van der Waals surface area (Å²) in [5, 5.41) is 0. The molecule has 0 aromatic carbocycles. The minimum Gasteiger partial charge on any atom is -0.412 e. The van der Waals surface area contributed by atoms with E-state index in [0.717, 1.165) is 0 Å². The summed E-state index contributed by atoms with van der Waals surface area (Å²) in [6, 6.07) is 0. The molecule has 0 saturated heterocycles. The molecule has 0 atom stereocenters. The van der Waals surface area contributed by atoms with E-state index < -0.39 is 0 Å². The van der Waals surface area contributed by atoms with Gasteiger partial charge in [-0.3, -0.25) is 0 Å². The van der Waals surface area contributed by atoms with E-state index in [0.29, 0.717) is 0 Å². The molecule has 74 valence electrons. The van der Waals surface area contributed by atoms with Crippen LogP contribution in [0.3, 0.4) is 0 Å². The molecule has 0 saturated carbocycles. The highest BCUT2D eigenvalue weighted by Gasteiger charge is 1.25. The zero-order valence-corrected chi connectivity index (χ0v) is 7.11. The molecular weight excluding hydrogens is 144 g/mol. The Hall–Kier alpha value is -0.640. The molecule has 0 heterocycles. The van der Waals surface area contributed by atoms with Gasteiger partial charge in [0, 0.05) is 14.2 Å². The minimum atomic E-state index is 0. The van der Waals surface area contributed by atoms with Crippen LogP contribution in [0.2, 0.25) is 0 Å². The Kier molecular flexibility index (Phi) is 1540. The summed E-state index contributed by atoms with van der Waals surface area (Å²) in [6.07, 6.45) is 1.75. The van der Waals surface area contributed by atoms with Gasteiger partial charge in [-0.2, -0.15) is 0 Å². The van der Waals surface area contributed by atoms with Gasteiger partial charge in [-0.15, -0.1) is 19.7 Å². The lowest BCUT2D eigenvalue weighted by Crippen LogP contribution is -1.55. The van der Waals surface area contributed by atoms with E-state index in [1.54, 1.807) is 20.3 Å². The molecule has 4 N–H and O–H groups in total. The maximum Gasteiger partial charge on any atom is 0.0351 e. The van der Waals surface area contributed by atoms with Crippen molar-refractivity contribution in [3.63, 3.8) is 0 Å². The Morgan fingerprint density at radius 3 is 1.09 bits per heavy atom. The van der Waals surface area contributed by atoms with Gasteiger partial charge in [0.1, 0.15) is 0 Å².